The third-order valence-corrected chi connectivity index (χ3v) is 10.8. The van der Waals surface area contributed by atoms with Gasteiger partial charge in [0.1, 0.15) is 11.2 Å². The number of para-hydroxylation sites is 1. The number of benzene rings is 8. The number of hydrogen-bond acceptors (Lipinski definition) is 3. The van der Waals surface area contributed by atoms with Crippen LogP contribution in [0.25, 0.3) is 75.1 Å². The zero-order chi connectivity index (χ0) is 32.3. The Hall–Kier alpha value is -6.16. The lowest BCUT2D eigenvalue weighted by Gasteiger charge is -2.26. The average Bonchev–Trinajstić information content (AvgIpc) is 3.73. The van der Waals surface area contributed by atoms with Crippen molar-refractivity contribution < 1.29 is 4.42 Å². The molecule has 10 aromatic rings. The Bertz CT molecular complexity index is 2840. The van der Waals surface area contributed by atoms with Crippen molar-refractivity contribution in [3.05, 3.63) is 176 Å². The molecule has 0 N–H and O–H groups in total. The molecule has 0 saturated heterocycles. The van der Waals surface area contributed by atoms with E-state index in [9.17, 15) is 0 Å². The zero-order valence-corrected chi connectivity index (χ0v) is 27.3. The first kappa shape index (κ1) is 27.9. The van der Waals surface area contributed by atoms with E-state index in [2.05, 4.69) is 169 Å². The molecule has 2 heterocycles. The summed E-state index contributed by atoms with van der Waals surface area (Å²) in [5.41, 5.74) is 9.84. The van der Waals surface area contributed by atoms with Crippen LogP contribution >= 0.6 is 11.3 Å². The van der Waals surface area contributed by atoms with E-state index >= 15 is 0 Å². The number of hydrogen-bond donors (Lipinski definition) is 0. The first-order valence-corrected chi connectivity index (χ1v) is 17.4. The van der Waals surface area contributed by atoms with E-state index in [1.54, 1.807) is 0 Å². The normalized spacial score (nSPS) is 11.7. The van der Waals surface area contributed by atoms with Gasteiger partial charge >= 0.3 is 0 Å². The fourth-order valence-corrected chi connectivity index (χ4v) is 8.29. The van der Waals surface area contributed by atoms with Crippen LogP contribution in [0.15, 0.2) is 180 Å². The van der Waals surface area contributed by atoms with Gasteiger partial charge < -0.3 is 9.32 Å². The fourth-order valence-electron chi connectivity index (χ4n) is 7.20. The second-order valence-corrected chi connectivity index (χ2v) is 13.7. The van der Waals surface area contributed by atoms with Gasteiger partial charge in [0.05, 0.1) is 0 Å². The summed E-state index contributed by atoms with van der Waals surface area (Å²) in [4.78, 5) is 2.34. The van der Waals surface area contributed by atoms with Gasteiger partial charge in [-0.05, 0) is 99.8 Å². The van der Waals surface area contributed by atoms with Crippen LogP contribution in [0.4, 0.5) is 17.1 Å². The van der Waals surface area contributed by atoms with Crippen molar-refractivity contribution in [2.45, 2.75) is 0 Å². The third kappa shape index (κ3) is 4.78. The Morgan fingerprint density at radius 1 is 0.347 bits per heavy atom. The third-order valence-electron chi connectivity index (χ3n) is 9.64. The molecule has 0 amide bonds. The van der Waals surface area contributed by atoms with Crippen LogP contribution in [0, 0.1) is 0 Å². The van der Waals surface area contributed by atoms with E-state index in [0.717, 1.165) is 39.0 Å². The summed E-state index contributed by atoms with van der Waals surface area (Å²) in [6.07, 6.45) is 0. The smallest absolute Gasteiger partial charge is 0.137 e. The molecule has 0 atom stereocenters. The van der Waals surface area contributed by atoms with Crippen LogP contribution in [0.5, 0.6) is 0 Å². The quantitative estimate of drug-likeness (QED) is 0.186. The SMILES string of the molecule is c1cc(-c2ccc(N(c3ccc4c(c3)oc3ccccc34)c3ccc4sc5ccccc5c4c3)cc2)cc(-c2ccc3ccccc3c2)c1. The molecule has 230 valence electrons. The number of anilines is 3. The van der Waals surface area contributed by atoms with Crippen molar-refractivity contribution in [1.82, 2.24) is 0 Å². The standard InChI is InChI=1S/C46H29NOS/c1-2-9-32-27-35(17-16-30(32)8-1)34-11-7-10-33(26-34)31-18-20-36(21-19-31)47(37-23-25-46-42(28-37)41-13-4-6-15-45(41)49-46)38-22-24-40-39-12-3-5-14-43(39)48-44(40)29-38/h1-29H. The molecular weight excluding hydrogens is 615 g/mol. The molecule has 10 rings (SSSR count). The minimum absolute atomic E-state index is 0.882. The number of rotatable bonds is 5. The predicted molar refractivity (Wildman–Crippen MR) is 210 cm³/mol. The Balaban J connectivity index is 1.08. The monoisotopic (exact) mass is 643 g/mol. The molecule has 0 aliphatic carbocycles. The van der Waals surface area contributed by atoms with E-state index in [-0.39, 0.29) is 0 Å². The molecule has 0 aliphatic rings. The number of furan rings is 1. The minimum atomic E-state index is 0.882. The van der Waals surface area contributed by atoms with Gasteiger partial charge in [-0.15, -0.1) is 11.3 Å². The maximum Gasteiger partial charge on any atom is 0.137 e. The van der Waals surface area contributed by atoms with Gasteiger partial charge in [0, 0.05) is 54.1 Å². The van der Waals surface area contributed by atoms with Gasteiger partial charge in [0.25, 0.3) is 0 Å². The summed E-state index contributed by atoms with van der Waals surface area (Å²) in [6.45, 7) is 0. The van der Waals surface area contributed by atoms with Gasteiger partial charge in [-0.25, -0.2) is 0 Å². The molecule has 49 heavy (non-hydrogen) atoms. The second kappa shape index (κ2) is 11.2. The summed E-state index contributed by atoms with van der Waals surface area (Å²) >= 11 is 1.84. The van der Waals surface area contributed by atoms with Crippen LogP contribution in [0.3, 0.4) is 0 Å². The maximum absolute atomic E-state index is 6.35. The lowest BCUT2D eigenvalue weighted by molar-refractivity contribution is 0.669. The summed E-state index contributed by atoms with van der Waals surface area (Å²) in [5, 5.41) is 7.34. The zero-order valence-electron chi connectivity index (χ0n) is 26.5. The van der Waals surface area contributed by atoms with Crippen molar-refractivity contribution >= 4 is 81.3 Å². The first-order chi connectivity index (χ1) is 24.2. The molecule has 0 bridgehead atoms. The second-order valence-electron chi connectivity index (χ2n) is 12.6. The maximum atomic E-state index is 6.35. The molecule has 0 radical (unpaired) electrons. The predicted octanol–water partition coefficient (Wildman–Crippen LogP) is 13.9. The molecule has 8 aromatic carbocycles. The summed E-state index contributed by atoms with van der Waals surface area (Å²) < 4.78 is 8.95. The van der Waals surface area contributed by atoms with E-state index in [1.807, 2.05) is 23.5 Å². The number of thiophene rings is 1. The molecule has 0 unspecified atom stereocenters. The summed E-state index contributed by atoms with van der Waals surface area (Å²) in [7, 11) is 0. The number of nitrogens with zero attached hydrogens (tertiary/aromatic N) is 1. The van der Waals surface area contributed by atoms with Gasteiger partial charge in [-0.1, -0.05) is 103 Å². The Labute approximate surface area is 287 Å². The van der Waals surface area contributed by atoms with Crippen molar-refractivity contribution in [3.8, 4) is 22.3 Å². The Kier molecular flexibility index (Phi) is 6.39. The van der Waals surface area contributed by atoms with Crippen LogP contribution in [0.1, 0.15) is 0 Å². The molecule has 0 spiro atoms. The number of fused-ring (bicyclic) bond motifs is 7. The average molecular weight is 644 g/mol. The van der Waals surface area contributed by atoms with Crippen LogP contribution in [-0.2, 0) is 0 Å². The van der Waals surface area contributed by atoms with E-state index in [4.69, 9.17) is 4.42 Å². The lowest BCUT2D eigenvalue weighted by Crippen LogP contribution is -2.09. The lowest BCUT2D eigenvalue weighted by atomic mass is 9.97. The fraction of sp³-hybridized carbons (Fsp3) is 0. The van der Waals surface area contributed by atoms with Gasteiger partial charge in [-0.2, -0.15) is 0 Å². The Morgan fingerprint density at radius 3 is 1.88 bits per heavy atom. The highest BCUT2D eigenvalue weighted by Gasteiger charge is 2.17. The molecule has 3 heteroatoms. The van der Waals surface area contributed by atoms with Gasteiger partial charge in [0.15, 0.2) is 0 Å². The van der Waals surface area contributed by atoms with Crippen LogP contribution in [0.2, 0.25) is 0 Å². The molecule has 0 fully saturated rings. The highest BCUT2D eigenvalue weighted by Crippen LogP contribution is 2.42. The van der Waals surface area contributed by atoms with Crippen molar-refractivity contribution in [1.29, 1.82) is 0 Å². The molecular formula is C46H29NOS. The first-order valence-electron chi connectivity index (χ1n) is 16.6. The van der Waals surface area contributed by atoms with E-state index in [1.165, 1.54) is 53.2 Å². The van der Waals surface area contributed by atoms with Crippen molar-refractivity contribution in [2.24, 2.45) is 0 Å². The van der Waals surface area contributed by atoms with Crippen molar-refractivity contribution in [3.63, 3.8) is 0 Å². The van der Waals surface area contributed by atoms with E-state index in [0.29, 0.717) is 0 Å². The summed E-state index contributed by atoms with van der Waals surface area (Å²) in [5.74, 6) is 0. The molecule has 0 aliphatic heterocycles. The van der Waals surface area contributed by atoms with Gasteiger partial charge in [0.2, 0.25) is 0 Å². The largest absolute Gasteiger partial charge is 0.456 e. The van der Waals surface area contributed by atoms with Crippen LogP contribution < -0.4 is 4.90 Å². The minimum Gasteiger partial charge on any atom is -0.456 e. The topological polar surface area (TPSA) is 16.4 Å². The Morgan fingerprint density at radius 2 is 0.980 bits per heavy atom. The molecule has 0 saturated carbocycles. The molecule has 2 aromatic heterocycles. The highest BCUT2D eigenvalue weighted by atomic mass is 32.1. The molecule has 2 nitrogen and oxygen atoms in total. The van der Waals surface area contributed by atoms with Crippen LogP contribution in [-0.4, -0.2) is 0 Å². The van der Waals surface area contributed by atoms with Gasteiger partial charge in [-0.3, -0.25) is 0 Å². The van der Waals surface area contributed by atoms with E-state index < -0.39 is 0 Å². The van der Waals surface area contributed by atoms with Crippen molar-refractivity contribution in [2.75, 3.05) is 4.90 Å². The summed E-state index contributed by atoms with van der Waals surface area (Å²) in [6, 6.07) is 63.4. The highest BCUT2D eigenvalue weighted by molar-refractivity contribution is 7.25.